The molecule has 2 aromatic rings. The van der Waals surface area contributed by atoms with Gasteiger partial charge in [0.05, 0.1) is 19.7 Å². The Kier molecular flexibility index (Phi) is 5.44. The van der Waals surface area contributed by atoms with Gasteiger partial charge < -0.3 is 18.9 Å². The van der Waals surface area contributed by atoms with Crippen LogP contribution in [0.15, 0.2) is 24.3 Å². The number of aryl methyl sites for hydroxylation is 1. The molecule has 1 heterocycles. The molecule has 0 aliphatic rings. The molecule has 0 spiro atoms. The second kappa shape index (κ2) is 7.31. The first kappa shape index (κ1) is 16.4. The van der Waals surface area contributed by atoms with Crippen LogP contribution in [0.25, 0.3) is 10.9 Å². The number of hydrogen-bond acceptors (Lipinski definition) is 4. The van der Waals surface area contributed by atoms with E-state index in [2.05, 4.69) is 19.0 Å². The minimum Gasteiger partial charge on any atom is -0.494 e. The van der Waals surface area contributed by atoms with E-state index in [1.807, 2.05) is 28.8 Å². The second-order valence-electron chi connectivity index (χ2n) is 5.55. The third kappa shape index (κ3) is 3.25. The number of rotatable bonds is 7. The van der Waals surface area contributed by atoms with Gasteiger partial charge in [0.25, 0.3) is 0 Å². The van der Waals surface area contributed by atoms with Gasteiger partial charge in [-0.1, -0.05) is 12.1 Å². The molecule has 0 aliphatic carbocycles. The average molecular weight is 304 g/mol. The fourth-order valence-electron chi connectivity index (χ4n) is 2.71. The zero-order chi connectivity index (χ0) is 16.1. The summed E-state index contributed by atoms with van der Waals surface area (Å²) in [4.78, 5) is 14.4. The lowest BCUT2D eigenvalue weighted by atomic mass is 10.2. The van der Waals surface area contributed by atoms with Crippen LogP contribution in [0.2, 0.25) is 0 Å². The predicted octanol–water partition coefficient (Wildman–Crippen LogP) is 2.78. The first-order valence-corrected chi connectivity index (χ1v) is 7.48. The van der Waals surface area contributed by atoms with Gasteiger partial charge in [0.1, 0.15) is 0 Å². The van der Waals surface area contributed by atoms with E-state index in [0.717, 1.165) is 36.8 Å². The summed E-state index contributed by atoms with van der Waals surface area (Å²) < 4.78 is 12.4. The fourth-order valence-corrected chi connectivity index (χ4v) is 2.71. The summed E-state index contributed by atoms with van der Waals surface area (Å²) in [5.41, 5.74) is 1.50. The van der Waals surface area contributed by atoms with E-state index in [9.17, 15) is 4.79 Å². The van der Waals surface area contributed by atoms with Crippen molar-refractivity contribution in [3.8, 4) is 5.75 Å². The maximum absolute atomic E-state index is 12.2. The number of carbonyl (C=O) groups is 1. The van der Waals surface area contributed by atoms with Gasteiger partial charge in [0.2, 0.25) is 0 Å². The molecule has 0 saturated carbocycles. The molecule has 120 valence electrons. The van der Waals surface area contributed by atoms with Crippen LogP contribution in [0, 0.1) is 0 Å². The van der Waals surface area contributed by atoms with Crippen LogP contribution in [-0.4, -0.2) is 50.3 Å². The molecule has 0 saturated heterocycles. The highest BCUT2D eigenvalue weighted by molar-refractivity contribution is 6.01. The molecule has 0 fully saturated rings. The van der Waals surface area contributed by atoms with E-state index in [1.54, 1.807) is 7.11 Å². The third-order valence-corrected chi connectivity index (χ3v) is 3.74. The molecular formula is C17H24N2O3. The van der Waals surface area contributed by atoms with Crippen molar-refractivity contribution in [3.63, 3.8) is 0 Å². The summed E-state index contributed by atoms with van der Waals surface area (Å²) in [6, 6.07) is 7.90. The molecule has 5 nitrogen and oxygen atoms in total. The highest BCUT2D eigenvalue weighted by Gasteiger charge is 2.23. The van der Waals surface area contributed by atoms with E-state index < -0.39 is 0 Å². The van der Waals surface area contributed by atoms with Crippen LogP contribution in [0.3, 0.4) is 0 Å². The van der Waals surface area contributed by atoms with Crippen molar-refractivity contribution >= 4 is 16.9 Å². The Labute approximate surface area is 131 Å². The first-order chi connectivity index (χ1) is 10.6. The molecular weight excluding hydrogens is 280 g/mol. The molecule has 0 radical (unpaired) electrons. The normalized spacial score (nSPS) is 11.1. The number of nitrogens with zero attached hydrogens (tertiary/aromatic N) is 2. The average Bonchev–Trinajstić information content (AvgIpc) is 2.84. The van der Waals surface area contributed by atoms with Gasteiger partial charge in [-0.25, -0.2) is 4.79 Å². The Morgan fingerprint density at radius 3 is 2.55 bits per heavy atom. The number of esters is 1. The Bertz CT molecular complexity index is 647. The number of carbonyl (C=O) groups excluding carboxylic acids is 1. The van der Waals surface area contributed by atoms with Gasteiger partial charge in [-0.3, -0.25) is 0 Å². The zero-order valence-electron chi connectivity index (χ0n) is 13.8. The molecule has 0 amide bonds. The highest BCUT2D eigenvalue weighted by atomic mass is 16.5. The molecule has 0 bridgehead atoms. The van der Waals surface area contributed by atoms with Crippen LogP contribution >= 0.6 is 0 Å². The molecule has 0 atom stereocenters. The smallest absolute Gasteiger partial charge is 0.358 e. The van der Waals surface area contributed by atoms with Crippen molar-refractivity contribution in [3.05, 3.63) is 30.0 Å². The standard InChI is InChI=1S/C17H24N2O3/c1-18(2)11-7-8-12-19-14-10-6-5-9-13(14)16(21-3)15(19)17(20)22-4/h5-6,9-10H,7-8,11-12H2,1-4H3. The lowest BCUT2D eigenvalue weighted by Crippen LogP contribution is -2.15. The van der Waals surface area contributed by atoms with Gasteiger partial charge in [0.15, 0.2) is 11.4 Å². The number of hydrogen-bond donors (Lipinski definition) is 0. The minimum absolute atomic E-state index is 0.361. The van der Waals surface area contributed by atoms with E-state index in [4.69, 9.17) is 9.47 Å². The maximum atomic E-state index is 12.2. The lowest BCUT2D eigenvalue weighted by Gasteiger charge is -2.12. The SMILES string of the molecule is COC(=O)c1c(OC)c2ccccc2n1CCCCN(C)C. The Morgan fingerprint density at radius 2 is 1.91 bits per heavy atom. The van der Waals surface area contributed by atoms with Crippen LogP contribution in [0.1, 0.15) is 23.3 Å². The van der Waals surface area contributed by atoms with Gasteiger partial charge in [-0.15, -0.1) is 0 Å². The van der Waals surface area contributed by atoms with Gasteiger partial charge in [-0.05, 0) is 45.6 Å². The Balaban J connectivity index is 2.39. The summed E-state index contributed by atoms with van der Waals surface area (Å²) in [5, 5.41) is 0.943. The van der Waals surface area contributed by atoms with Crippen LogP contribution in [0.4, 0.5) is 0 Å². The first-order valence-electron chi connectivity index (χ1n) is 7.48. The number of ether oxygens (including phenoxy) is 2. The number of unbranched alkanes of at least 4 members (excludes halogenated alkanes) is 1. The summed E-state index contributed by atoms with van der Waals surface area (Å²) in [7, 11) is 7.11. The zero-order valence-corrected chi connectivity index (χ0v) is 13.8. The van der Waals surface area contributed by atoms with Crippen molar-refractivity contribution < 1.29 is 14.3 Å². The molecule has 0 N–H and O–H groups in total. The minimum atomic E-state index is -0.361. The van der Waals surface area contributed by atoms with Gasteiger partial charge >= 0.3 is 5.97 Å². The lowest BCUT2D eigenvalue weighted by molar-refractivity contribution is 0.0585. The van der Waals surface area contributed by atoms with Gasteiger partial charge in [0, 0.05) is 11.9 Å². The largest absolute Gasteiger partial charge is 0.494 e. The molecule has 1 aromatic heterocycles. The number of aromatic nitrogens is 1. The number of para-hydroxylation sites is 1. The summed E-state index contributed by atoms with van der Waals surface area (Å²) >= 11 is 0. The van der Waals surface area contributed by atoms with Crippen LogP contribution < -0.4 is 4.74 Å². The third-order valence-electron chi connectivity index (χ3n) is 3.74. The Morgan fingerprint density at radius 1 is 1.18 bits per heavy atom. The van der Waals surface area contributed by atoms with Gasteiger partial charge in [-0.2, -0.15) is 0 Å². The molecule has 0 aliphatic heterocycles. The van der Waals surface area contributed by atoms with Crippen molar-refractivity contribution in [1.29, 1.82) is 0 Å². The van der Waals surface area contributed by atoms with Crippen molar-refractivity contribution in [2.75, 3.05) is 34.9 Å². The maximum Gasteiger partial charge on any atom is 0.358 e. The molecule has 1 aromatic carbocycles. The molecule has 22 heavy (non-hydrogen) atoms. The highest BCUT2D eigenvalue weighted by Crippen LogP contribution is 2.33. The van der Waals surface area contributed by atoms with E-state index in [1.165, 1.54) is 7.11 Å². The number of fused-ring (bicyclic) bond motifs is 1. The topological polar surface area (TPSA) is 43.7 Å². The number of methoxy groups -OCH3 is 2. The van der Waals surface area contributed by atoms with Crippen molar-refractivity contribution in [1.82, 2.24) is 9.47 Å². The number of benzene rings is 1. The van der Waals surface area contributed by atoms with Crippen molar-refractivity contribution in [2.24, 2.45) is 0 Å². The summed E-state index contributed by atoms with van der Waals surface area (Å²) in [5.74, 6) is 0.232. The quantitative estimate of drug-likeness (QED) is 0.583. The predicted molar refractivity (Wildman–Crippen MR) is 87.6 cm³/mol. The monoisotopic (exact) mass is 304 g/mol. The Hall–Kier alpha value is -2.01. The van der Waals surface area contributed by atoms with E-state index in [0.29, 0.717) is 11.4 Å². The van der Waals surface area contributed by atoms with E-state index >= 15 is 0 Å². The van der Waals surface area contributed by atoms with Crippen LogP contribution in [-0.2, 0) is 11.3 Å². The molecule has 5 heteroatoms. The fraction of sp³-hybridized carbons (Fsp3) is 0.471. The molecule has 0 unspecified atom stereocenters. The van der Waals surface area contributed by atoms with Crippen LogP contribution in [0.5, 0.6) is 5.75 Å². The second-order valence-corrected chi connectivity index (χ2v) is 5.55. The van der Waals surface area contributed by atoms with E-state index in [-0.39, 0.29) is 5.97 Å². The molecule has 2 rings (SSSR count). The summed E-state index contributed by atoms with van der Waals surface area (Å²) in [6.45, 7) is 1.80. The summed E-state index contributed by atoms with van der Waals surface area (Å²) in [6.07, 6.45) is 2.06. The van der Waals surface area contributed by atoms with Crippen molar-refractivity contribution in [2.45, 2.75) is 19.4 Å².